The van der Waals surface area contributed by atoms with Crippen LogP contribution in [0, 0.1) is 11.8 Å². The normalized spacial score (nSPS) is 26.2. The molecule has 0 saturated carbocycles. The molecule has 2 atom stereocenters. The number of morpholine rings is 1. The van der Waals surface area contributed by atoms with Crippen molar-refractivity contribution in [2.75, 3.05) is 39.3 Å². The lowest BCUT2D eigenvalue weighted by atomic mass is 9.91. The van der Waals surface area contributed by atoms with Crippen molar-refractivity contribution in [3.8, 4) is 0 Å². The molecule has 0 aromatic carbocycles. The van der Waals surface area contributed by atoms with Crippen molar-refractivity contribution in [1.82, 2.24) is 14.7 Å². The second-order valence-electron chi connectivity index (χ2n) is 10.8. The van der Waals surface area contributed by atoms with Gasteiger partial charge in [0.05, 0.1) is 12.2 Å². The molecule has 3 heterocycles. The molecule has 3 saturated heterocycles. The summed E-state index contributed by atoms with van der Waals surface area (Å²) in [5, 5.41) is 0. The van der Waals surface area contributed by atoms with E-state index in [0.29, 0.717) is 51.6 Å². The molecule has 2 unspecified atom stereocenters. The van der Waals surface area contributed by atoms with Crippen LogP contribution in [0.15, 0.2) is 0 Å². The van der Waals surface area contributed by atoms with Gasteiger partial charge < -0.3 is 24.2 Å². The van der Waals surface area contributed by atoms with Gasteiger partial charge in [-0.3, -0.25) is 9.59 Å². The van der Waals surface area contributed by atoms with Gasteiger partial charge in [-0.15, -0.1) is 0 Å². The van der Waals surface area contributed by atoms with Crippen molar-refractivity contribution >= 4 is 17.9 Å². The van der Waals surface area contributed by atoms with Crippen LogP contribution in [0.4, 0.5) is 4.79 Å². The fourth-order valence-electron chi connectivity index (χ4n) is 5.01. The van der Waals surface area contributed by atoms with E-state index in [0.717, 1.165) is 25.7 Å². The van der Waals surface area contributed by atoms with Crippen molar-refractivity contribution in [3.63, 3.8) is 0 Å². The van der Waals surface area contributed by atoms with E-state index < -0.39 is 5.60 Å². The summed E-state index contributed by atoms with van der Waals surface area (Å²) in [6.45, 7) is 13.5. The van der Waals surface area contributed by atoms with Crippen molar-refractivity contribution in [2.45, 2.75) is 84.5 Å². The van der Waals surface area contributed by atoms with Gasteiger partial charge in [-0.1, -0.05) is 0 Å². The Bertz CT molecular complexity index is 666. The Hall–Kier alpha value is -1.83. The molecule has 0 aliphatic carbocycles. The van der Waals surface area contributed by atoms with Gasteiger partial charge >= 0.3 is 6.09 Å². The zero-order valence-electron chi connectivity index (χ0n) is 20.5. The minimum Gasteiger partial charge on any atom is -0.444 e. The molecule has 0 radical (unpaired) electrons. The van der Waals surface area contributed by atoms with Crippen LogP contribution < -0.4 is 0 Å². The maximum atomic E-state index is 12.9. The molecule has 3 amide bonds. The number of rotatable bonds is 3. The third-order valence-corrected chi connectivity index (χ3v) is 6.66. The van der Waals surface area contributed by atoms with Gasteiger partial charge in [0.25, 0.3) is 0 Å². The van der Waals surface area contributed by atoms with Gasteiger partial charge in [0.15, 0.2) is 0 Å². The Morgan fingerprint density at radius 2 is 1.38 bits per heavy atom. The Balaban J connectivity index is 1.39. The largest absolute Gasteiger partial charge is 0.444 e. The molecule has 182 valence electrons. The lowest BCUT2D eigenvalue weighted by Crippen LogP contribution is -2.52. The van der Waals surface area contributed by atoms with Gasteiger partial charge in [0.1, 0.15) is 5.60 Å². The summed E-state index contributed by atoms with van der Waals surface area (Å²) in [6, 6.07) is 0. The molecule has 0 N–H and O–H groups in total. The predicted molar refractivity (Wildman–Crippen MR) is 121 cm³/mol. The summed E-state index contributed by atoms with van der Waals surface area (Å²) in [6.07, 6.45) is 3.54. The van der Waals surface area contributed by atoms with Crippen LogP contribution in [-0.4, -0.2) is 89.7 Å². The molecule has 8 nitrogen and oxygen atoms in total. The monoisotopic (exact) mass is 451 g/mol. The number of likely N-dealkylation sites (tertiary alicyclic amines) is 2. The van der Waals surface area contributed by atoms with Crippen molar-refractivity contribution in [2.24, 2.45) is 11.8 Å². The van der Waals surface area contributed by atoms with Gasteiger partial charge in [-0.05, 0) is 66.2 Å². The van der Waals surface area contributed by atoms with Crippen LogP contribution in [0.25, 0.3) is 0 Å². The highest BCUT2D eigenvalue weighted by Gasteiger charge is 2.34. The summed E-state index contributed by atoms with van der Waals surface area (Å²) in [7, 11) is 0. The number of amides is 3. The topological polar surface area (TPSA) is 79.4 Å². The lowest BCUT2D eigenvalue weighted by Gasteiger charge is -2.39. The molecule has 0 bridgehead atoms. The van der Waals surface area contributed by atoms with Gasteiger partial charge in [0, 0.05) is 51.6 Å². The second-order valence-corrected chi connectivity index (χ2v) is 10.8. The summed E-state index contributed by atoms with van der Waals surface area (Å²) >= 11 is 0. The minimum absolute atomic E-state index is 0.00798. The first-order valence-electron chi connectivity index (χ1n) is 12.2. The second kappa shape index (κ2) is 10.4. The Labute approximate surface area is 192 Å². The van der Waals surface area contributed by atoms with E-state index in [2.05, 4.69) is 0 Å². The number of hydrogen-bond donors (Lipinski definition) is 0. The first kappa shape index (κ1) is 24.8. The maximum Gasteiger partial charge on any atom is 0.410 e. The van der Waals surface area contributed by atoms with Crippen LogP contribution in [-0.2, 0) is 19.1 Å². The molecular weight excluding hydrogens is 410 g/mol. The van der Waals surface area contributed by atoms with E-state index in [4.69, 9.17) is 9.47 Å². The fourth-order valence-corrected chi connectivity index (χ4v) is 5.01. The Morgan fingerprint density at radius 1 is 0.844 bits per heavy atom. The molecule has 32 heavy (non-hydrogen) atoms. The zero-order valence-corrected chi connectivity index (χ0v) is 20.5. The lowest BCUT2D eigenvalue weighted by molar-refractivity contribution is -0.150. The zero-order chi connectivity index (χ0) is 23.5. The molecular formula is C24H41N3O5. The third-order valence-electron chi connectivity index (χ3n) is 6.66. The number of piperidine rings is 2. The number of nitrogens with zero attached hydrogens (tertiary/aromatic N) is 3. The van der Waals surface area contributed by atoms with E-state index in [9.17, 15) is 14.4 Å². The summed E-state index contributed by atoms with van der Waals surface area (Å²) in [4.78, 5) is 43.6. The quantitative estimate of drug-likeness (QED) is 0.659. The van der Waals surface area contributed by atoms with E-state index in [1.165, 1.54) is 0 Å². The SMILES string of the molecule is CC1CN(C(=O)C2CCN(C(=O)CC3CCN(C(=O)OC(C)(C)C)CC3)CC2)CC(C)O1. The number of hydrogen-bond acceptors (Lipinski definition) is 5. The summed E-state index contributed by atoms with van der Waals surface area (Å²) in [5.74, 6) is 0.708. The molecule has 3 aliphatic rings. The van der Waals surface area contributed by atoms with Crippen LogP contribution in [0.2, 0.25) is 0 Å². The standard InChI is InChI=1S/C24H41N3O5/c1-17-15-27(16-18(2)31-17)22(29)20-8-12-25(13-9-20)21(28)14-19-6-10-26(11-7-19)23(30)32-24(3,4)5/h17-20H,6-16H2,1-5H3. The van der Waals surface area contributed by atoms with Crippen LogP contribution in [0.3, 0.4) is 0 Å². The molecule has 3 fully saturated rings. The van der Waals surface area contributed by atoms with Gasteiger partial charge in [0.2, 0.25) is 11.8 Å². The molecule has 0 spiro atoms. The van der Waals surface area contributed by atoms with E-state index in [1.807, 2.05) is 44.4 Å². The van der Waals surface area contributed by atoms with E-state index in [-0.39, 0.29) is 36.0 Å². The third kappa shape index (κ3) is 6.83. The van der Waals surface area contributed by atoms with Crippen molar-refractivity contribution < 1.29 is 23.9 Å². The summed E-state index contributed by atoms with van der Waals surface area (Å²) in [5.41, 5.74) is -0.490. The Kier molecular flexibility index (Phi) is 8.06. The van der Waals surface area contributed by atoms with Crippen molar-refractivity contribution in [1.29, 1.82) is 0 Å². The van der Waals surface area contributed by atoms with Crippen molar-refractivity contribution in [3.05, 3.63) is 0 Å². The molecule has 3 aliphatic heterocycles. The number of carbonyl (C=O) groups is 3. The highest BCUT2D eigenvalue weighted by molar-refractivity contribution is 5.80. The first-order chi connectivity index (χ1) is 15.0. The van der Waals surface area contributed by atoms with Gasteiger partial charge in [-0.2, -0.15) is 0 Å². The first-order valence-corrected chi connectivity index (χ1v) is 12.2. The number of carbonyl (C=O) groups excluding carboxylic acids is 3. The summed E-state index contributed by atoms with van der Waals surface area (Å²) < 4.78 is 11.2. The Morgan fingerprint density at radius 3 is 1.91 bits per heavy atom. The molecule has 0 aromatic rings. The predicted octanol–water partition coefficient (Wildman–Crippen LogP) is 2.90. The van der Waals surface area contributed by atoms with Crippen LogP contribution in [0.1, 0.15) is 66.7 Å². The van der Waals surface area contributed by atoms with Gasteiger partial charge in [-0.25, -0.2) is 4.79 Å². The average molecular weight is 452 g/mol. The van der Waals surface area contributed by atoms with E-state index in [1.54, 1.807) is 4.90 Å². The highest BCUT2D eigenvalue weighted by Crippen LogP contribution is 2.26. The van der Waals surface area contributed by atoms with Crippen LogP contribution >= 0.6 is 0 Å². The maximum absolute atomic E-state index is 12.9. The average Bonchev–Trinajstić information content (AvgIpc) is 2.72. The molecule has 3 rings (SSSR count). The molecule has 8 heteroatoms. The van der Waals surface area contributed by atoms with Crippen LogP contribution in [0.5, 0.6) is 0 Å². The minimum atomic E-state index is -0.490. The fraction of sp³-hybridized carbons (Fsp3) is 0.875. The number of ether oxygens (including phenoxy) is 2. The van der Waals surface area contributed by atoms with E-state index >= 15 is 0 Å². The highest BCUT2D eigenvalue weighted by atomic mass is 16.6. The smallest absolute Gasteiger partial charge is 0.410 e. The molecule has 0 aromatic heterocycles.